The van der Waals surface area contributed by atoms with E-state index in [1.54, 1.807) is 6.20 Å². The number of hydrogen-bond donors (Lipinski definition) is 0. The van der Waals surface area contributed by atoms with E-state index in [1.807, 2.05) is 0 Å². The average Bonchev–Trinajstić information content (AvgIpc) is 2.91. The molecule has 3 nitrogen and oxygen atoms in total. The monoisotopic (exact) mass is 204 g/mol. The van der Waals surface area contributed by atoms with Crippen molar-refractivity contribution in [2.24, 2.45) is 0 Å². The van der Waals surface area contributed by atoms with Crippen LogP contribution in [0.4, 0.5) is 0 Å². The number of fused-ring (bicyclic) bond motifs is 1. The van der Waals surface area contributed by atoms with Crippen LogP contribution in [0.25, 0.3) is 6.08 Å². The Bertz CT molecular complexity index is 346. The summed E-state index contributed by atoms with van der Waals surface area (Å²) in [6.45, 7) is 2.53. The minimum Gasteiger partial charge on any atom is -0.444 e. The molecule has 1 aromatic rings. The van der Waals surface area contributed by atoms with Gasteiger partial charge in [0.05, 0.1) is 6.20 Å². The average molecular weight is 204 g/mol. The zero-order valence-corrected chi connectivity index (χ0v) is 8.85. The fourth-order valence-electron chi connectivity index (χ4n) is 2.97. The van der Waals surface area contributed by atoms with Gasteiger partial charge in [0.1, 0.15) is 5.76 Å². The van der Waals surface area contributed by atoms with Gasteiger partial charge in [0.25, 0.3) is 0 Å². The summed E-state index contributed by atoms with van der Waals surface area (Å²) >= 11 is 0. The molecule has 0 spiro atoms. The van der Waals surface area contributed by atoms with Crippen LogP contribution in [0.15, 0.2) is 23.1 Å². The first-order valence-electron chi connectivity index (χ1n) is 5.72. The second-order valence-corrected chi connectivity index (χ2v) is 4.53. The van der Waals surface area contributed by atoms with Gasteiger partial charge in [-0.25, -0.2) is 4.98 Å². The Hall–Kier alpha value is -1.09. The van der Waals surface area contributed by atoms with Gasteiger partial charge in [-0.15, -0.1) is 0 Å². The molecule has 3 rings (SSSR count). The van der Waals surface area contributed by atoms with Gasteiger partial charge in [-0.1, -0.05) is 6.08 Å². The molecule has 0 atom stereocenters. The van der Waals surface area contributed by atoms with Crippen LogP contribution in [0.1, 0.15) is 31.4 Å². The second kappa shape index (κ2) is 3.49. The van der Waals surface area contributed by atoms with E-state index >= 15 is 0 Å². The van der Waals surface area contributed by atoms with Gasteiger partial charge in [-0.05, 0) is 44.8 Å². The lowest BCUT2D eigenvalue weighted by atomic mass is 9.93. The first-order chi connectivity index (χ1) is 7.39. The molecule has 0 saturated carbocycles. The molecule has 0 N–H and O–H groups in total. The van der Waals surface area contributed by atoms with Crippen molar-refractivity contribution in [1.29, 1.82) is 0 Å². The van der Waals surface area contributed by atoms with E-state index in [0.29, 0.717) is 5.54 Å². The van der Waals surface area contributed by atoms with Crippen molar-refractivity contribution in [1.82, 2.24) is 9.88 Å². The molecule has 0 amide bonds. The van der Waals surface area contributed by atoms with Crippen LogP contribution in [-0.4, -0.2) is 28.5 Å². The van der Waals surface area contributed by atoms with E-state index < -0.39 is 0 Å². The lowest BCUT2D eigenvalue weighted by molar-refractivity contribution is 0.251. The fraction of sp³-hybridized carbons (Fsp3) is 0.583. The maximum Gasteiger partial charge on any atom is 0.181 e. The van der Waals surface area contributed by atoms with E-state index in [9.17, 15) is 0 Å². The lowest BCUT2D eigenvalue weighted by Gasteiger charge is -2.28. The summed E-state index contributed by atoms with van der Waals surface area (Å²) in [6, 6.07) is 0. The van der Waals surface area contributed by atoms with Gasteiger partial charge < -0.3 is 4.42 Å². The molecule has 2 aliphatic heterocycles. The van der Waals surface area contributed by atoms with Crippen LogP contribution in [0.5, 0.6) is 0 Å². The Labute approximate surface area is 89.8 Å². The Balaban J connectivity index is 1.81. The minimum absolute atomic E-state index is 0.340. The van der Waals surface area contributed by atoms with Crippen LogP contribution < -0.4 is 0 Å². The van der Waals surface area contributed by atoms with E-state index in [4.69, 9.17) is 4.42 Å². The molecule has 0 aliphatic carbocycles. The van der Waals surface area contributed by atoms with Crippen molar-refractivity contribution in [2.75, 3.05) is 13.1 Å². The summed E-state index contributed by atoms with van der Waals surface area (Å²) < 4.78 is 5.22. The minimum atomic E-state index is 0.340. The van der Waals surface area contributed by atoms with E-state index in [1.165, 1.54) is 45.2 Å². The first kappa shape index (κ1) is 9.16. The smallest absolute Gasteiger partial charge is 0.181 e. The molecule has 80 valence electrons. The van der Waals surface area contributed by atoms with E-state index in [0.717, 1.165) is 5.76 Å². The van der Waals surface area contributed by atoms with Crippen LogP contribution in [-0.2, 0) is 0 Å². The van der Waals surface area contributed by atoms with E-state index in [-0.39, 0.29) is 0 Å². The zero-order valence-electron chi connectivity index (χ0n) is 8.85. The Morgan fingerprint density at radius 2 is 2.13 bits per heavy atom. The Kier molecular flexibility index (Phi) is 2.13. The van der Waals surface area contributed by atoms with Gasteiger partial charge in [0.15, 0.2) is 6.39 Å². The maximum atomic E-state index is 5.22. The fourth-order valence-corrected chi connectivity index (χ4v) is 2.97. The summed E-state index contributed by atoms with van der Waals surface area (Å²) in [5, 5.41) is 0. The normalized spacial score (nSPS) is 25.1. The van der Waals surface area contributed by atoms with Crippen molar-refractivity contribution in [3.05, 3.63) is 24.4 Å². The lowest BCUT2D eigenvalue weighted by Crippen LogP contribution is -2.35. The summed E-state index contributed by atoms with van der Waals surface area (Å²) in [7, 11) is 0. The molecule has 3 heteroatoms. The van der Waals surface area contributed by atoms with Crippen LogP contribution >= 0.6 is 0 Å². The summed E-state index contributed by atoms with van der Waals surface area (Å²) in [4.78, 5) is 6.53. The molecule has 0 unspecified atom stereocenters. The molecule has 2 saturated heterocycles. The predicted molar refractivity (Wildman–Crippen MR) is 58.3 cm³/mol. The summed E-state index contributed by atoms with van der Waals surface area (Å²) in [6.07, 6.45) is 12.9. The molecule has 0 bridgehead atoms. The zero-order chi connectivity index (χ0) is 10.1. The van der Waals surface area contributed by atoms with Gasteiger partial charge in [0, 0.05) is 5.54 Å². The van der Waals surface area contributed by atoms with Crippen molar-refractivity contribution in [3.8, 4) is 0 Å². The van der Waals surface area contributed by atoms with Gasteiger partial charge in [-0.2, -0.15) is 0 Å². The van der Waals surface area contributed by atoms with E-state index in [2.05, 4.69) is 22.0 Å². The molecule has 0 aromatic carbocycles. The summed E-state index contributed by atoms with van der Waals surface area (Å²) in [5.74, 6) is 0.864. The van der Waals surface area contributed by atoms with Crippen LogP contribution in [0.2, 0.25) is 0 Å². The molecular weight excluding hydrogens is 188 g/mol. The van der Waals surface area contributed by atoms with Gasteiger partial charge in [-0.3, -0.25) is 4.90 Å². The highest BCUT2D eigenvalue weighted by Gasteiger charge is 2.41. The molecule has 2 fully saturated rings. The SMILES string of the molecule is C(=CC12CCCN1CCC2)c1cnco1. The molecule has 15 heavy (non-hydrogen) atoms. The van der Waals surface area contributed by atoms with Crippen LogP contribution in [0.3, 0.4) is 0 Å². The number of nitrogens with zero attached hydrogens (tertiary/aromatic N) is 2. The van der Waals surface area contributed by atoms with Crippen molar-refractivity contribution < 1.29 is 4.42 Å². The second-order valence-electron chi connectivity index (χ2n) is 4.53. The topological polar surface area (TPSA) is 29.3 Å². The highest BCUT2D eigenvalue weighted by Crippen LogP contribution is 2.40. The maximum absolute atomic E-state index is 5.22. The Morgan fingerprint density at radius 1 is 1.33 bits per heavy atom. The van der Waals surface area contributed by atoms with Crippen LogP contribution in [0, 0.1) is 0 Å². The molecule has 0 radical (unpaired) electrons. The van der Waals surface area contributed by atoms with Crippen molar-refractivity contribution in [3.63, 3.8) is 0 Å². The first-order valence-corrected chi connectivity index (χ1v) is 5.72. The third-order valence-corrected chi connectivity index (χ3v) is 3.71. The number of aromatic nitrogens is 1. The molecule has 2 aliphatic rings. The third kappa shape index (κ3) is 1.51. The van der Waals surface area contributed by atoms with Crippen molar-refractivity contribution >= 4 is 6.08 Å². The quantitative estimate of drug-likeness (QED) is 0.740. The number of rotatable bonds is 2. The number of oxazole rings is 1. The Morgan fingerprint density at radius 3 is 2.80 bits per heavy atom. The third-order valence-electron chi connectivity index (χ3n) is 3.71. The highest BCUT2D eigenvalue weighted by molar-refractivity contribution is 5.44. The van der Waals surface area contributed by atoms with Crippen molar-refractivity contribution in [2.45, 2.75) is 31.2 Å². The molecule has 1 aromatic heterocycles. The predicted octanol–water partition coefficient (Wildman–Crippen LogP) is 2.32. The number of hydrogen-bond acceptors (Lipinski definition) is 3. The summed E-state index contributed by atoms with van der Waals surface area (Å²) in [5.41, 5.74) is 0.340. The molecule has 3 heterocycles. The standard InChI is InChI=1S/C12H16N2O/c1-4-12(5-2-8-14(12)7-1)6-3-11-9-13-10-15-11/h3,6,9-10H,1-2,4-5,7-8H2. The van der Waals surface area contributed by atoms with Gasteiger partial charge in [0.2, 0.25) is 0 Å². The van der Waals surface area contributed by atoms with Gasteiger partial charge >= 0.3 is 0 Å². The largest absolute Gasteiger partial charge is 0.444 e. The molecular formula is C12H16N2O. The highest BCUT2D eigenvalue weighted by atomic mass is 16.3.